The zero-order chi connectivity index (χ0) is 11.0. The van der Waals surface area contributed by atoms with E-state index in [1.54, 1.807) is 0 Å². The van der Waals surface area contributed by atoms with Crippen molar-refractivity contribution >= 4 is 0 Å². The van der Waals surface area contributed by atoms with Gasteiger partial charge in [0.1, 0.15) is 0 Å². The van der Waals surface area contributed by atoms with Crippen LogP contribution < -0.4 is 5.32 Å². The fraction of sp³-hybridized carbons (Fsp3) is 0.857. The highest BCUT2D eigenvalue weighted by Gasteiger charge is 2.23. The third-order valence-electron chi connectivity index (χ3n) is 3.59. The van der Waals surface area contributed by atoms with Gasteiger partial charge in [0.05, 0.1) is 0 Å². The van der Waals surface area contributed by atoms with E-state index in [9.17, 15) is 0 Å². The monoisotopic (exact) mass is 209 g/mol. The molecule has 1 fully saturated rings. The second-order valence-corrected chi connectivity index (χ2v) is 5.19. The van der Waals surface area contributed by atoms with Crippen LogP contribution in [0.3, 0.4) is 0 Å². The van der Waals surface area contributed by atoms with Gasteiger partial charge in [0, 0.05) is 5.54 Å². The third-order valence-corrected chi connectivity index (χ3v) is 3.59. The molecule has 0 aliphatic carbocycles. The van der Waals surface area contributed by atoms with Gasteiger partial charge in [0.25, 0.3) is 0 Å². The van der Waals surface area contributed by atoms with E-state index in [0.29, 0.717) is 5.54 Å². The van der Waals surface area contributed by atoms with Gasteiger partial charge in [0.15, 0.2) is 0 Å². The van der Waals surface area contributed by atoms with Crippen LogP contribution in [0.1, 0.15) is 64.7 Å². The first-order valence-corrected chi connectivity index (χ1v) is 6.63. The van der Waals surface area contributed by atoms with E-state index < -0.39 is 0 Å². The molecule has 0 aromatic rings. The molecule has 1 saturated heterocycles. The normalized spacial score (nSPS) is 27.3. The zero-order valence-corrected chi connectivity index (χ0v) is 10.4. The van der Waals surface area contributed by atoms with Gasteiger partial charge < -0.3 is 5.32 Å². The van der Waals surface area contributed by atoms with Crippen LogP contribution in [0.4, 0.5) is 0 Å². The minimum Gasteiger partial charge on any atom is -0.312 e. The van der Waals surface area contributed by atoms with Gasteiger partial charge in [-0.15, -0.1) is 6.58 Å². The largest absolute Gasteiger partial charge is 0.312 e. The van der Waals surface area contributed by atoms with E-state index in [-0.39, 0.29) is 0 Å². The number of unbranched alkanes of at least 4 members (excludes halogenated alkanes) is 3. The summed E-state index contributed by atoms with van der Waals surface area (Å²) in [5.41, 5.74) is 0.435. The molecular formula is C14H27N. The Kier molecular flexibility index (Phi) is 6.00. The molecular weight excluding hydrogens is 182 g/mol. The predicted octanol–water partition coefficient (Wildman–Crippen LogP) is 4.05. The highest BCUT2D eigenvalue weighted by atomic mass is 15.0. The molecule has 1 aliphatic heterocycles. The van der Waals surface area contributed by atoms with Crippen molar-refractivity contribution in [2.24, 2.45) is 0 Å². The van der Waals surface area contributed by atoms with Crippen LogP contribution in [0.2, 0.25) is 0 Å². The minimum atomic E-state index is 0.435. The Hall–Kier alpha value is -0.300. The highest BCUT2D eigenvalue weighted by molar-refractivity contribution is 4.84. The van der Waals surface area contributed by atoms with Crippen molar-refractivity contribution in [3.8, 4) is 0 Å². The summed E-state index contributed by atoms with van der Waals surface area (Å²) in [4.78, 5) is 0. The number of rotatable bonds is 6. The van der Waals surface area contributed by atoms with Gasteiger partial charge >= 0.3 is 0 Å². The van der Waals surface area contributed by atoms with Crippen LogP contribution in [-0.4, -0.2) is 12.1 Å². The second kappa shape index (κ2) is 7.05. The molecule has 0 saturated carbocycles. The predicted molar refractivity (Wildman–Crippen MR) is 68.2 cm³/mol. The highest BCUT2D eigenvalue weighted by Crippen LogP contribution is 2.24. The van der Waals surface area contributed by atoms with E-state index in [1.807, 2.05) is 6.08 Å². The first-order valence-electron chi connectivity index (χ1n) is 6.63. The van der Waals surface area contributed by atoms with Gasteiger partial charge in [-0.2, -0.15) is 0 Å². The van der Waals surface area contributed by atoms with Gasteiger partial charge in [-0.05, 0) is 45.6 Å². The Balaban J connectivity index is 2.13. The van der Waals surface area contributed by atoms with Crippen molar-refractivity contribution in [2.45, 2.75) is 70.3 Å². The van der Waals surface area contributed by atoms with Crippen LogP contribution in [0.25, 0.3) is 0 Å². The molecule has 15 heavy (non-hydrogen) atoms. The average Bonchev–Trinajstić information content (AvgIpc) is 2.43. The Morgan fingerprint density at radius 1 is 1.20 bits per heavy atom. The smallest absolute Gasteiger partial charge is 0.0153 e. The SMILES string of the molecule is C=CCCCCCC1(C)CCCCCN1. The molecule has 0 spiro atoms. The summed E-state index contributed by atoms with van der Waals surface area (Å²) < 4.78 is 0. The number of allylic oxidation sites excluding steroid dienone is 1. The standard InChI is InChI=1S/C14H27N/c1-3-4-5-6-8-11-14(2)12-9-7-10-13-15-14/h3,15H,1,4-13H2,2H3. The first kappa shape index (κ1) is 12.8. The van der Waals surface area contributed by atoms with Crippen molar-refractivity contribution in [1.29, 1.82) is 0 Å². The maximum atomic E-state index is 3.76. The molecule has 1 N–H and O–H groups in total. The summed E-state index contributed by atoms with van der Waals surface area (Å²) in [5.74, 6) is 0. The first-order chi connectivity index (χ1) is 7.27. The van der Waals surface area contributed by atoms with Crippen LogP contribution in [0.15, 0.2) is 12.7 Å². The second-order valence-electron chi connectivity index (χ2n) is 5.19. The quantitative estimate of drug-likeness (QED) is 0.514. The summed E-state index contributed by atoms with van der Waals surface area (Å²) >= 11 is 0. The molecule has 1 unspecified atom stereocenters. The van der Waals surface area contributed by atoms with Crippen molar-refractivity contribution in [2.75, 3.05) is 6.54 Å². The average molecular weight is 209 g/mol. The molecule has 0 bridgehead atoms. The topological polar surface area (TPSA) is 12.0 Å². The Bertz CT molecular complexity index is 166. The zero-order valence-electron chi connectivity index (χ0n) is 10.4. The summed E-state index contributed by atoms with van der Waals surface area (Å²) in [5, 5.41) is 3.73. The molecule has 1 atom stereocenters. The lowest BCUT2D eigenvalue weighted by Crippen LogP contribution is -2.41. The van der Waals surface area contributed by atoms with Crippen LogP contribution >= 0.6 is 0 Å². The molecule has 0 aromatic carbocycles. The maximum Gasteiger partial charge on any atom is 0.0153 e. The summed E-state index contributed by atoms with van der Waals surface area (Å²) in [7, 11) is 0. The number of hydrogen-bond acceptors (Lipinski definition) is 1. The number of nitrogens with one attached hydrogen (secondary N) is 1. The van der Waals surface area contributed by atoms with E-state index in [4.69, 9.17) is 0 Å². The van der Waals surface area contributed by atoms with E-state index in [2.05, 4.69) is 18.8 Å². The van der Waals surface area contributed by atoms with Crippen LogP contribution in [0.5, 0.6) is 0 Å². The Labute approximate surface area is 95.3 Å². The van der Waals surface area contributed by atoms with Gasteiger partial charge in [-0.1, -0.05) is 31.8 Å². The van der Waals surface area contributed by atoms with Crippen molar-refractivity contribution in [3.05, 3.63) is 12.7 Å². The van der Waals surface area contributed by atoms with E-state index in [1.165, 1.54) is 64.3 Å². The number of hydrogen-bond donors (Lipinski definition) is 1. The van der Waals surface area contributed by atoms with Gasteiger partial charge in [-0.3, -0.25) is 0 Å². The molecule has 1 nitrogen and oxygen atoms in total. The maximum absolute atomic E-state index is 3.76. The fourth-order valence-corrected chi connectivity index (χ4v) is 2.49. The molecule has 1 aliphatic rings. The summed E-state index contributed by atoms with van der Waals surface area (Å²) in [6.07, 6.45) is 14.2. The van der Waals surface area contributed by atoms with E-state index >= 15 is 0 Å². The third kappa shape index (κ3) is 5.36. The van der Waals surface area contributed by atoms with Crippen molar-refractivity contribution < 1.29 is 0 Å². The van der Waals surface area contributed by atoms with Crippen molar-refractivity contribution in [3.63, 3.8) is 0 Å². The Morgan fingerprint density at radius 2 is 2.07 bits per heavy atom. The molecule has 0 amide bonds. The van der Waals surface area contributed by atoms with E-state index in [0.717, 1.165) is 0 Å². The molecule has 1 rings (SSSR count). The lowest BCUT2D eigenvalue weighted by Gasteiger charge is -2.29. The van der Waals surface area contributed by atoms with Crippen LogP contribution in [0, 0.1) is 0 Å². The summed E-state index contributed by atoms with van der Waals surface area (Å²) in [6.45, 7) is 7.40. The lowest BCUT2D eigenvalue weighted by molar-refractivity contribution is 0.312. The van der Waals surface area contributed by atoms with Gasteiger partial charge in [0.2, 0.25) is 0 Å². The molecule has 1 heteroatoms. The van der Waals surface area contributed by atoms with Gasteiger partial charge in [-0.25, -0.2) is 0 Å². The lowest BCUT2D eigenvalue weighted by atomic mass is 9.89. The van der Waals surface area contributed by atoms with Crippen LogP contribution in [-0.2, 0) is 0 Å². The molecule has 0 radical (unpaired) electrons. The minimum absolute atomic E-state index is 0.435. The fourth-order valence-electron chi connectivity index (χ4n) is 2.49. The van der Waals surface area contributed by atoms with Crippen molar-refractivity contribution in [1.82, 2.24) is 5.32 Å². The molecule has 0 aromatic heterocycles. The Morgan fingerprint density at radius 3 is 2.87 bits per heavy atom. The summed E-state index contributed by atoms with van der Waals surface area (Å²) in [6, 6.07) is 0. The molecule has 88 valence electrons. The molecule has 1 heterocycles.